The van der Waals surface area contributed by atoms with Crippen molar-refractivity contribution in [3.8, 4) is 11.5 Å². The van der Waals surface area contributed by atoms with E-state index in [1.54, 1.807) is 6.07 Å². The maximum atomic E-state index is 13.3. The molecule has 0 unspecified atom stereocenters. The van der Waals surface area contributed by atoms with Crippen LogP contribution in [-0.2, 0) is 11.2 Å². The quantitative estimate of drug-likeness (QED) is 0.681. The van der Waals surface area contributed by atoms with Gasteiger partial charge in [-0.25, -0.2) is 0 Å². The number of para-hydroxylation sites is 1. The fraction of sp³-hybridized carbons (Fsp3) is 0.517. The van der Waals surface area contributed by atoms with Gasteiger partial charge in [-0.3, -0.25) is 9.59 Å². The summed E-state index contributed by atoms with van der Waals surface area (Å²) in [5, 5.41) is 10.2. The number of ether oxygens (including phenoxy) is 2. The molecule has 2 aromatic carbocycles. The molecule has 1 saturated heterocycles. The molecule has 2 aromatic rings. The van der Waals surface area contributed by atoms with E-state index in [1.165, 1.54) is 0 Å². The number of fused-ring (bicyclic) bond motifs is 9. The number of piperidine rings is 1. The Labute approximate surface area is 214 Å². The van der Waals surface area contributed by atoms with Gasteiger partial charge in [-0.2, -0.15) is 0 Å². The van der Waals surface area contributed by atoms with Crippen molar-refractivity contribution in [2.45, 2.75) is 45.4 Å². The molecule has 0 aliphatic carbocycles. The van der Waals surface area contributed by atoms with E-state index in [1.807, 2.05) is 59.2 Å². The highest BCUT2D eigenvalue weighted by Crippen LogP contribution is 2.37. The zero-order valence-corrected chi connectivity index (χ0v) is 21.3. The molecule has 0 saturated carbocycles. The first-order valence-corrected chi connectivity index (χ1v) is 13.1. The summed E-state index contributed by atoms with van der Waals surface area (Å²) in [6.07, 6.45) is 4.60. The van der Waals surface area contributed by atoms with E-state index >= 15 is 0 Å². The number of carbonyl (C=O) groups is 2. The van der Waals surface area contributed by atoms with E-state index in [0.29, 0.717) is 57.1 Å². The van der Waals surface area contributed by atoms with Crippen LogP contribution in [0.3, 0.4) is 0 Å². The minimum atomic E-state index is -0.149. The standard InChI is InChI=1S/C29H38N2O5/c1-2-35-24-11-9-23(10-12-24)21-27(33)30-16-6-5-13-29(22-32)14-17-31(18-15-29)28(34)25-7-3-4-8-26(25)36-20-19-30/h3-4,7-12,32H,2,5-6,13-22H2,1H3. The molecule has 3 aliphatic heterocycles. The van der Waals surface area contributed by atoms with Crippen molar-refractivity contribution < 1.29 is 24.2 Å². The number of aliphatic hydroxyl groups is 1. The Morgan fingerprint density at radius 3 is 2.47 bits per heavy atom. The normalized spacial score (nSPS) is 18.6. The van der Waals surface area contributed by atoms with Crippen molar-refractivity contribution in [2.75, 3.05) is 46.0 Å². The molecule has 7 heteroatoms. The van der Waals surface area contributed by atoms with Crippen LogP contribution in [0.1, 0.15) is 54.9 Å². The molecule has 1 fully saturated rings. The van der Waals surface area contributed by atoms with E-state index in [9.17, 15) is 14.7 Å². The number of nitrogens with zero attached hydrogens (tertiary/aromatic N) is 2. The Bertz CT molecular complexity index is 1010. The van der Waals surface area contributed by atoms with Crippen LogP contribution in [0.4, 0.5) is 0 Å². The highest BCUT2D eigenvalue weighted by Gasteiger charge is 2.36. The summed E-state index contributed by atoms with van der Waals surface area (Å²) in [7, 11) is 0. The summed E-state index contributed by atoms with van der Waals surface area (Å²) < 4.78 is 11.6. The van der Waals surface area contributed by atoms with Crippen LogP contribution in [-0.4, -0.2) is 72.7 Å². The van der Waals surface area contributed by atoms with Crippen LogP contribution in [0.5, 0.6) is 11.5 Å². The van der Waals surface area contributed by atoms with Crippen LogP contribution in [0.15, 0.2) is 48.5 Å². The van der Waals surface area contributed by atoms with Crippen LogP contribution >= 0.6 is 0 Å². The monoisotopic (exact) mass is 494 g/mol. The summed E-state index contributed by atoms with van der Waals surface area (Å²) in [5.41, 5.74) is 1.35. The highest BCUT2D eigenvalue weighted by atomic mass is 16.5. The lowest BCUT2D eigenvalue weighted by Gasteiger charge is -2.41. The van der Waals surface area contributed by atoms with Crippen molar-refractivity contribution >= 4 is 11.8 Å². The zero-order valence-electron chi connectivity index (χ0n) is 21.3. The predicted octanol–water partition coefficient (Wildman–Crippen LogP) is 3.93. The number of benzene rings is 2. The van der Waals surface area contributed by atoms with Gasteiger partial charge in [0.05, 0.1) is 25.1 Å². The van der Waals surface area contributed by atoms with Crippen LogP contribution in [0.25, 0.3) is 0 Å². The second kappa shape index (κ2) is 12.3. The molecule has 36 heavy (non-hydrogen) atoms. The topological polar surface area (TPSA) is 79.3 Å². The molecule has 3 aliphatic rings. The minimum absolute atomic E-state index is 0.0320. The fourth-order valence-electron chi connectivity index (χ4n) is 5.20. The molecule has 0 spiro atoms. The maximum Gasteiger partial charge on any atom is 0.257 e. The molecule has 2 bridgehead atoms. The molecule has 0 aromatic heterocycles. The number of hydrogen-bond donors (Lipinski definition) is 1. The Hall–Kier alpha value is -3.06. The number of aliphatic hydroxyl groups excluding tert-OH is 1. The van der Waals surface area contributed by atoms with Crippen molar-refractivity contribution in [1.82, 2.24) is 9.80 Å². The first-order chi connectivity index (χ1) is 17.5. The second-order valence-electron chi connectivity index (χ2n) is 9.89. The number of amides is 2. The molecule has 0 atom stereocenters. The van der Waals surface area contributed by atoms with Gasteiger partial charge < -0.3 is 24.4 Å². The third-order valence-corrected chi connectivity index (χ3v) is 7.51. The van der Waals surface area contributed by atoms with Crippen LogP contribution in [0.2, 0.25) is 0 Å². The van der Waals surface area contributed by atoms with Crippen LogP contribution < -0.4 is 9.47 Å². The Morgan fingerprint density at radius 1 is 1.00 bits per heavy atom. The first kappa shape index (κ1) is 26.0. The van der Waals surface area contributed by atoms with E-state index in [2.05, 4.69) is 0 Å². The molecule has 0 radical (unpaired) electrons. The first-order valence-electron chi connectivity index (χ1n) is 13.1. The number of carbonyl (C=O) groups excluding carboxylic acids is 2. The van der Waals surface area contributed by atoms with Gasteiger partial charge in [-0.05, 0) is 67.9 Å². The van der Waals surface area contributed by atoms with Crippen molar-refractivity contribution in [2.24, 2.45) is 5.41 Å². The lowest BCUT2D eigenvalue weighted by molar-refractivity contribution is -0.131. The van der Waals surface area contributed by atoms with Gasteiger partial charge in [0.2, 0.25) is 5.91 Å². The summed E-state index contributed by atoms with van der Waals surface area (Å²) in [6, 6.07) is 15.0. The molecular weight excluding hydrogens is 456 g/mol. The van der Waals surface area contributed by atoms with Gasteiger partial charge >= 0.3 is 0 Å². The smallest absolute Gasteiger partial charge is 0.257 e. The molecule has 5 rings (SSSR count). The van der Waals surface area contributed by atoms with Gasteiger partial charge in [0.25, 0.3) is 5.91 Å². The zero-order chi connectivity index (χ0) is 25.4. The minimum Gasteiger partial charge on any atom is -0.494 e. The fourth-order valence-corrected chi connectivity index (χ4v) is 5.20. The SMILES string of the molecule is CCOc1ccc(CC(=O)N2CCCCC3(CO)CCN(CC3)C(=O)c3ccccc3OCC2)cc1. The Kier molecular flexibility index (Phi) is 8.86. The second-order valence-corrected chi connectivity index (χ2v) is 9.89. The molecule has 7 nitrogen and oxygen atoms in total. The average Bonchev–Trinajstić information content (AvgIpc) is 2.91. The summed E-state index contributed by atoms with van der Waals surface area (Å²) in [5.74, 6) is 1.37. The summed E-state index contributed by atoms with van der Waals surface area (Å²) in [6.45, 7) is 5.38. The lowest BCUT2D eigenvalue weighted by Crippen LogP contribution is -2.44. The van der Waals surface area contributed by atoms with Crippen molar-refractivity contribution in [3.05, 3.63) is 59.7 Å². The van der Waals surface area contributed by atoms with Gasteiger partial charge in [0, 0.05) is 26.2 Å². The molecule has 1 N–H and O–H groups in total. The van der Waals surface area contributed by atoms with Gasteiger partial charge in [0.15, 0.2) is 0 Å². The van der Waals surface area contributed by atoms with Gasteiger partial charge in [0.1, 0.15) is 18.1 Å². The molecular formula is C29H38N2O5. The van der Waals surface area contributed by atoms with Gasteiger partial charge in [-0.15, -0.1) is 0 Å². The van der Waals surface area contributed by atoms with E-state index in [4.69, 9.17) is 9.47 Å². The predicted molar refractivity (Wildman–Crippen MR) is 138 cm³/mol. The third kappa shape index (κ3) is 6.38. The highest BCUT2D eigenvalue weighted by molar-refractivity contribution is 5.97. The molecule has 194 valence electrons. The Balaban J connectivity index is 1.49. The van der Waals surface area contributed by atoms with Crippen LogP contribution in [0, 0.1) is 5.41 Å². The lowest BCUT2D eigenvalue weighted by atomic mass is 9.75. The largest absolute Gasteiger partial charge is 0.494 e. The maximum absolute atomic E-state index is 13.3. The molecule has 2 amide bonds. The summed E-state index contributed by atoms with van der Waals surface area (Å²) in [4.78, 5) is 30.3. The van der Waals surface area contributed by atoms with E-state index in [0.717, 1.165) is 43.4 Å². The summed E-state index contributed by atoms with van der Waals surface area (Å²) >= 11 is 0. The average molecular weight is 495 g/mol. The van der Waals surface area contributed by atoms with Crippen molar-refractivity contribution in [1.29, 1.82) is 0 Å². The van der Waals surface area contributed by atoms with E-state index < -0.39 is 0 Å². The number of hydrogen-bond acceptors (Lipinski definition) is 5. The van der Waals surface area contributed by atoms with E-state index in [-0.39, 0.29) is 23.8 Å². The van der Waals surface area contributed by atoms with Gasteiger partial charge in [-0.1, -0.05) is 30.7 Å². The third-order valence-electron chi connectivity index (χ3n) is 7.51. The number of rotatable bonds is 5. The van der Waals surface area contributed by atoms with Crippen molar-refractivity contribution in [3.63, 3.8) is 0 Å². The Morgan fingerprint density at radius 2 is 1.75 bits per heavy atom. The molecule has 3 heterocycles.